The molecular weight excluding hydrogens is 210 g/mol. The van der Waals surface area contributed by atoms with E-state index in [2.05, 4.69) is 25.1 Å². The number of anilines is 1. The molecule has 0 saturated heterocycles. The molecular formula is C15H21NO. The van der Waals surface area contributed by atoms with Gasteiger partial charge in [0.2, 0.25) is 5.91 Å². The Labute approximate surface area is 104 Å². The van der Waals surface area contributed by atoms with Crippen molar-refractivity contribution in [2.75, 3.05) is 11.4 Å². The summed E-state index contributed by atoms with van der Waals surface area (Å²) in [6.07, 6.45) is 2.49. The molecule has 2 aliphatic rings. The van der Waals surface area contributed by atoms with Gasteiger partial charge in [0.15, 0.2) is 0 Å². The van der Waals surface area contributed by atoms with Gasteiger partial charge in [-0.05, 0) is 37.0 Å². The number of fused-ring (bicyclic) bond motifs is 2. The van der Waals surface area contributed by atoms with E-state index in [0.29, 0.717) is 5.41 Å². The fourth-order valence-electron chi connectivity index (χ4n) is 2.65. The highest BCUT2D eigenvalue weighted by Crippen LogP contribution is 2.56. The molecule has 1 amide bonds. The van der Waals surface area contributed by atoms with Gasteiger partial charge in [-0.15, -0.1) is 0 Å². The van der Waals surface area contributed by atoms with Crippen molar-refractivity contribution in [3.8, 4) is 0 Å². The fraction of sp³-hybridized carbons (Fsp3) is 0.533. The van der Waals surface area contributed by atoms with Gasteiger partial charge in [-0.3, -0.25) is 4.79 Å². The van der Waals surface area contributed by atoms with Crippen LogP contribution in [0.5, 0.6) is 0 Å². The Balaban J connectivity index is 0.000000514. The van der Waals surface area contributed by atoms with Crippen LogP contribution < -0.4 is 4.90 Å². The topological polar surface area (TPSA) is 20.3 Å². The first-order valence-electron chi connectivity index (χ1n) is 6.52. The van der Waals surface area contributed by atoms with Crippen LogP contribution in [0, 0.1) is 6.92 Å². The molecule has 0 atom stereocenters. The van der Waals surface area contributed by atoms with Crippen molar-refractivity contribution in [2.45, 2.75) is 46.0 Å². The van der Waals surface area contributed by atoms with Gasteiger partial charge >= 0.3 is 0 Å². The molecule has 2 nitrogen and oxygen atoms in total. The summed E-state index contributed by atoms with van der Waals surface area (Å²) in [7, 11) is 0. The predicted octanol–water partition coefficient (Wildman–Crippen LogP) is 3.42. The first-order valence-corrected chi connectivity index (χ1v) is 6.52. The van der Waals surface area contributed by atoms with E-state index >= 15 is 0 Å². The highest BCUT2D eigenvalue weighted by atomic mass is 16.2. The van der Waals surface area contributed by atoms with Gasteiger partial charge in [-0.2, -0.15) is 0 Å². The van der Waals surface area contributed by atoms with E-state index in [-0.39, 0.29) is 5.91 Å². The zero-order valence-corrected chi connectivity index (χ0v) is 11.2. The Morgan fingerprint density at radius 3 is 2.47 bits per heavy atom. The van der Waals surface area contributed by atoms with E-state index in [1.165, 1.54) is 24.0 Å². The summed E-state index contributed by atoms with van der Waals surface area (Å²) in [5.74, 6) is 0.172. The molecule has 0 aromatic heterocycles. The summed E-state index contributed by atoms with van der Waals surface area (Å²) in [6, 6.07) is 6.51. The molecule has 2 heteroatoms. The minimum Gasteiger partial charge on any atom is -0.311 e. The van der Waals surface area contributed by atoms with Crippen molar-refractivity contribution in [2.24, 2.45) is 0 Å². The quantitative estimate of drug-likeness (QED) is 0.670. The molecule has 3 rings (SSSR count). The molecule has 17 heavy (non-hydrogen) atoms. The van der Waals surface area contributed by atoms with E-state index in [9.17, 15) is 4.79 Å². The Bertz CT molecular complexity index is 446. The lowest BCUT2D eigenvalue weighted by Gasteiger charge is -2.15. The van der Waals surface area contributed by atoms with Crippen LogP contribution >= 0.6 is 0 Å². The minimum absolute atomic E-state index is 0.172. The van der Waals surface area contributed by atoms with E-state index in [4.69, 9.17) is 0 Å². The summed E-state index contributed by atoms with van der Waals surface area (Å²) in [4.78, 5) is 13.5. The molecule has 1 aliphatic heterocycles. The van der Waals surface area contributed by atoms with Crippen molar-refractivity contribution in [3.63, 3.8) is 0 Å². The monoisotopic (exact) mass is 231 g/mol. The number of amides is 1. The zero-order chi connectivity index (χ0) is 12.6. The standard InChI is InChI=1S/C13H15NO.C2H6/c1-9-3-4-11-12(7-9)14(10(2)15)8-13(11)5-6-13;1-2/h3-4,7H,5-6,8H2,1-2H3;1-2H3. The average molecular weight is 231 g/mol. The van der Waals surface area contributed by atoms with Crippen LogP contribution in [0.1, 0.15) is 44.7 Å². The second kappa shape index (κ2) is 4.17. The average Bonchev–Trinajstić information content (AvgIpc) is 3.01. The van der Waals surface area contributed by atoms with Crippen molar-refractivity contribution in [1.82, 2.24) is 0 Å². The van der Waals surface area contributed by atoms with Crippen molar-refractivity contribution >= 4 is 11.6 Å². The van der Waals surface area contributed by atoms with E-state index in [0.717, 1.165) is 12.2 Å². The van der Waals surface area contributed by atoms with Crippen molar-refractivity contribution < 1.29 is 4.79 Å². The van der Waals surface area contributed by atoms with Crippen LogP contribution in [-0.4, -0.2) is 12.5 Å². The molecule has 0 N–H and O–H groups in total. The van der Waals surface area contributed by atoms with Crippen molar-refractivity contribution in [3.05, 3.63) is 29.3 Å². The number of carbonyl (C=O) groups is 1. The largest absolute Gasteiger partial charge is 0.311 e. The Hall–Kier alpha value is -1.31. The second-order valence-electron chi connectivity index (χ2n) is 4.91. The van der Waals surface area contributed by atoms with Gasteiger partial charge in [-0.25, -0.2) is 0 Å². The maximum absolute atomic E-state index is 11.6. The first-order chi connectivity index (χ1) is 8.12. The molecule has 0 radical (unpaired) electrons. The third-order valence-corrected chi connectivity index (χ3v) is 3.71. The van der Waals surface area contributed by atoms with Gasteiger partial charge in [0.25, 0.3) is 0 Å². The highest BCUT2D eigenvalue weighted by molar-refractivity contribution is 5.95. The second-order valence-corrected chi connectivity index (χ2v) is 4.91. The maximum atomic E-state index is 11.6. The van der Waals surface area contributed by atoms with Crippen LogP contribution in [-0.2, 0) is 10.2 Å². The Kier molecular flexibility index (Phi) is 2.98. The van der Waals surface area contributed by atoms with Gasteiger partial charge in [0.05, 0.1) is 0 Å². The van der Waals surface area contributed by atoms with Crippen LogP contribution in [0.15, 0.2) is 18.2 Å². The van der Waals surface area contributed by atoms with Crippen LogP contribution in [0.2, 0.25) is 0 Å². The Morgan fingerprint density at radius 2 is 1.94 bits per heavy atom. The number of hydrogen-bond donors (Lipinski definition) is 0. The molecule has 92 valence electrons. The molecule has 1 aliphatic carbocycles. The molecule has 1 heterocycles. The minimum atomic E-state index is 0.172. The summed E-state index contributed by atoms with van der Waals surface area (Å²) in [6.45, 7) is 8.64. The highest BCUT2D eigenvalue weighted by Gasteiger charge is 2.52. The number of carbonyl (C=O) groups excluding carboxylic acids is 1. The molecule has 0 bridgehead atoms. The van der Waals surface area contributed by atoms with Crippen molar-refractivity contribution in [1.29, 1.82) is 0 Å². The number of rotatable bonds is 0. The SMILES string of the molecule is CC.CC(=O)N1CC2(CC2)c2ccc(C)cc21. The third kappa shape index (κ3) is 1.86. The zero-order valence-electron chi connectivity index (χ0n) is 11.2. The lowest BCUT2D eigenvalue weighted by molar-refractivity contribution is -0.116. The molecule has 1 aromatic rings. The predicted molar refractivity (Wildman–Crippen MR) is 71.5 cm³/mol. The lowest BCUT2D eigenvalue weighted by atomic mass is 9.98. The summed E-state index contributed by atoms with van der Waals surface area (Å²) >= 11 is 0. The van der Waals surface area contributed by atoms with Gasteiger partial charge < -0.3 is 4.90 Å². The normalized spacial score (nSPS) is 18.5. The number of aryl methyl sites for hydroxylation is 1. The molecule has 1 fully saturated rings. The first kappa shape index (κ1) is 12.2. The van der Waals surface area contributed by atoms with Gasteiger partial charge in [-0.1, -0.05) is 26.0 Å². The van der Waals surface area contributed by atoms with Gasteiger partial charge in [0, 0.05) is 24.6 Å². The van der Waals surface area contributed by atoms with Crippen LogP contribution in [0.4, 0.5) is 5.69 Å². The third-order valence-electron chi connectivity index (χ3n) is 3.71. The Morgan fingerprint density at radius 1 is 1.29 bits per heavy atom. The summed E-state index contributed by atoms with van der Waals surface area (Å²) in [5, 5.41) is 0. The number of benzene rings is 1. The van der Waals surface area contributed by atoms with E-state index < -0.39 is 0 Å². The lowest BCUT2D eigenvalue weighted by Crippen LogP contribution is -2.28. The van der Waals surface area contributed by atoms with E-state index in [1.54, 1.807) is 6.92 Å². The molecule has 1 aromatic carbocycles. The molecule has 0 unspecified atom stereocenters. The van der Waals surface area contributed by atoms with Gasteiger partial charge in [0.1, 0.15) is 0 Å². The van der Waals surface area contributed by atoms with Crippen LogP contribution in [0.25, 0.3) is 0 Å². The maximum Gasteiger partial charge on any atom is 0.223 e. The molecule has 1 saturated carbocycles. The van der Waals surface area contributed by atoms with E-state index in [1.807, 2.05) is 18.7 Å². The van der Waals surface area contributed by atoms with Crippen LogP contribution in [0.3, 0.4) is 0 Å². The summed E-state index contributed by atoms with van der Waals surface area (Å²) < 4.78 is 0. The fourth-order valence-corrected chi connectivity index (χ4v) is 2.65. The smallest absolute Gasteiger partial charge is 0.223 e. The number of hydrogen-bond acceptors (Lipinski definition) is 1. The summed E-state index contributed by atoms with van der Waals surface area (Å²) in [5.41, 5.74) is 4.11. The molecule has 1 spiro atoms. The number of nitrogens with zero attached hydrogens (tertiary/aromatic N) is 1.